The third kappa shape index (κ3) is 4.95. The first kappa shape index (κ1) is 19.1. The Bertz CT molecular complexity index is 929. The van der Waals surface area contributed by atoms with Crippen molar-refractivity contribution >= 4 is 17.7 Å². The lowest BCUT2D eigenvalue weighted by Gasteiger charge is -2.22. The number of aromatic nitrogens is 2. The van der Waals surface area contributed by atoms with Crippen LogP contribution in [0.15, 0.2) is 58.2 Å². The highest BCUT2D eigenvalue weighted by Crippen LogP contribution is 2.25. The molecule has 5 nitrogen and oxygen atoms in total. The number of amides is 1. The summed E-state index contributed by atoms with van der Waals surface area (Å²) in [7, 11) is 0. The van der Waals surface area contributed by atoms with Crippen LogP contribution in [0.5, 0.6) is 0 Å². The highest BCUT2D eigenvalue weighted by atomic mass is 32.2. The molecule has 0 spiro atoms. The molecule has 0 N–H and O–H groups in total. The number of halogens is 1. The molecule has 0 aliphatic rings. The Hall–Kier alpha value is -2.67. The highest BCUT2D eigenvalue weighted by Gasteiger charge is 2.19. The third-order valence-electron chi connectivity index (χ3n) is 3.97. The number of carbonyl (C=O) groups is 1. The molecule has 0 aliphatic heterocycles. The van der Waals surface area contributed by atoms with E-state index in [1.54, 1.807) is 29.3 Å². The van der Waals surface area contributed by atoms with Gasteiger partial charge < -0.3 is 9.42 Å². The van der Waals surface area contributed by atoms with E-state index in [2.05, 4.69) is 10.1 Å². The Balaban J connectivity index is 1.76. The molecule has 0 saturated carbocycles. The van der Waals surface area contributed by atoms with Gasteiger partial charge in [-0.1, -0.05) is 29.1 Å². The van der Waals surface area contributed by atoms with Crippen LogP contribution in [0.25, 0.3) is 0 Å². The maximum atomic E-state index is 13.4. The molecule has 0 radical (unpaired) electrons. The van der Waals surface area contributed by atoms with Crippen molar-refractivity contribution in [3.8, 4) is 0 Å². The summed E-state index contributed by atoms with van der Waals surface area (Å²) < 4.78 is 18.5. The smallest absolute Gasteiger partial charge is 0.256 e. The normalized spacial score (nSPS) is 10.8. The molecule has 140 valence electrons. The van der Waals surface area contributed by atoms with Gasteiger partial charge in [0.05, 0.1) is 11.3 Å². The van der Waals surface area contributed by atoms with Gasteiger partial charge in [-0.05, 0) is 43.7 Å². The Labute approximate surface area is 161 Å². The number of carbonyl (C=O) groups excluding carboxylic acids is 1. The molecule has 3 rings (SSSR count). The lowest BCUT2D eigenvalue weighted by molar-refractivity contribution is 0.0748. The van der Waals surface area contributed by atoms with Crippen molar-refractivity contribution in [2.24, 2.45) is 0 Å². The van der Waals surface area contributed by atoms with E-state index >= 15 is 0 Å². The van der Waals surface area contributed by atoms with Gasteiger partial charge in [0, 0.05) is 31.1 Å². The molecule has 2 heterocycles. The van der Waals surface area contributed by atoms with Gasteiger partial charge in [0.15, 0.2) is 0 Å². The summed E-state index contributed by atoms with van der Waals surface area (Å²) in [6.45, 7) is 4.59. The van der Waals surface area contributed by atoms with Crippen LogP contribution in [0, 0.1) is 12.7 Å². The van der Waals surface area contributed by atoms with E-state index in [1.165, 1.54) is 23.9 Å². The minimum Gasteiger partial charge on any atom is -0.361 e. The Morgan fingerprint density at radius 2 is 2.11 bits per heavy atom. The Morgan fingerprint density at radius 3 is 2.81 bits per heavy atom. The van der Waals surface area contributed by atoms with Crippen molar-refractivity contribution in [1.82, 2.24) is 15.0 Å². The SMILES string of the molecule is CCN(Cc1cccc(F)c1)C(=O)c1cccnc1SCc1cc(C)on1. The zero-order valence-corrected chi connectivity index (χ0v) is 16.0. The predicted octanol–water partition coefficient (Wildman–Crippen LogP) is 4.47. The number of benzene rings is 1. The van der Waals surface area contributed by atoms with Crippen molar-refractivity contribution < 1.29 is 13.7 Å². The van der Waals surface area contributed by atoms with E-state index in [1.807, 2.05) is 26.0 Å². The number of nitrogens with zero attached hydrogens (tertiary/aromatic N) is 3. The van der Waals surface area contributed by atoms with Crippen molar-refractivity contribution in [2.75, 3.05) is 6.54 Å². The van der Waals surface area contributed by atoms with Crippen LogP contribution in [-0.4, -0.2) is 27.5 Å². The fourth-order valence-corrected chi connectivity index (χ4v) is 3.52. The lowest BCUT2D eigenvalue weighted by Crippen LogP contribution is -2.30. The van der Waals surface area contributed by atoms with Crippen LogP contribution < -0.4 is 0 Å². The zero-order valence-electron chi connectivity index (χ0n) is 15.2. The molecule has 0 bridgehead atoms. The molecule has 27 heavy (non-hydrogen) atoms. The molecule has 2 aromatic heterocycles. The summed E-state index contributed by atoms with van der Waals surface area (Å²) >= 11 is 1.44. The summed E-state index contributed by atoms with van der Waals surface area (Å²) in [4.78, 5) is 19.1. The lowest BCUT2D eigenvalue weighted by atomic mass is 10.2. The standard InChI is InChI=1S/C20H20FN3O2S/c1-3-24(12-15-6-4-7-16(21)11-15)20(25)18-8-5-9-22-19(18)27-13-17-10-14(2)26-23-17/h4-11H,3,12-13H2,1-2H3. The average Bonchev–Trinajstić information content (AvgIpc) is 3.09. The second kappa shape index (κ2) is 8.81. The summed E-state index contributed by atoms with van der Waals surface area (Å²) in [5.74, 6) is 0.866. The second-order valence-corrected chi connectivity index (χ2v) is 6.99. The van der Waals surface area contributed by atoms with Crippen molar-refractivity contribution in [3.05, 3.63) is 77.1 Å². The van der Waals surface area contributed by atoms with E-state index in [4.69, 9.17) is 4.52 Å². The van der Waals surface area contributed by atoms with Gasteiger partial charge in [0.1, 0.15) is 16.6 Å². The van der Waals surface area contributed by atoms with Crippen LogP contribution in [0.3, 0.4) is 0 Å². The number of aryl methyl sites for hydroxylation is 1. The number of rotatable bonds is 7. The summed E-state index contributed by atoms with van der Waals surface area (Å²) in [5, 5.41) is 4.61. The first-order chi connectivity index (χ1) is 13.1. The maximum Gasteiger partial charge on any atom is 0.256 e. The van der Waals surface area contributed by atoms with Gasteiger partial charge in [-0.2, -0.15) is 0 Å². The molecule has 1 aromatic carbocycles. The fourth-order valence-electron chi connectivity index (χ4n) is 2.65. The van der Waals surface area contributed by atoms with Crippen LogP contribution in [0.1, 0.15) is 34.3 Å². The topological polar surface area (TPSA) is 59.2 Å². The zero-order chi connectivity index (χ0) is 19.2. The van der Waals surface area contributed by atoms with Crippen LogP contribution in [-0.2, 0) is 12.3 Å². The molecule has 7 heteroatoms. The molecular weight excluding hydrogens is 365 g/mol. The molecule has 0 saturated heterocycles. The summed E-state index contributed by atoms with van der Waals surface area (Å²) in [6, 6.07) is 11.7. The molecule has 0 fully saturated rings. The Kier molecular flexibility index (Phi) is 6.24. The van der Waals surface area contributed by atoms with E-state index in [-0.39, 0.29) is 11.7 Å². The molecule has 1 amide bonds. The van der Waals surface area contributed by atoms with Crippen LogP contribution in [0.2, 0.25) is 0 Å². The van der Waals surface area contributed by atoms with Gasteiger partial charge in [-0.3, -0.25) is 4.79 Å². The number of hydrogen-bond donors (Lipinski definition) is 0. The predicted molar refractivity (Wildman–Crippen MR) is 102 cm³/mol. The number of pyridine rings is 1. The average molecular weight is 385 g/mol. The molecule has 0 unspecified atom stereocenters. The first-order valence-electron chi connectivity index (χ1n) is 8.60. The van der Waals surface area contributed by atoms with E-state index < -0.39 is 0 Å². The van der Waals surface area contributed by atoms with Gasteiger partial charge >= 0.3 is 0 Å². The second-order valence-electron chi connectivity index (χ2n) is 6.02. The van der Waals surface area contributed by atoms with Crippen LogP contribution >= 0.6 is 11.8 Å². The van der Waals surface area contributed by atoms with Gasteiger partial charge in [-0.25, -0.2) is 9.37 Å². The van der Waals surface area contributed by atoms with E-state index in [9.17, 15) is 9.18 Å². The molecular formula is C20H20FN3O2S. The summed E-state index contributed by atoms with van der Waals surface area (Å²) in [6.07, 6.45) is 1.66. The highest BCUT2D eigenvalue weighted by molar-refractivity contribution is 7.98. The van der Waals surface area contributed by atoms with Gasteiger partial charge in [-0.15, -0.1) is 0 Å². The minimum absolute atomic E-state index is 0.131. The first-order valence-corrected chi connectivity index (χ1v) is 9.59. The maximum absolute atomic E-state index is 13.4. The minimum atomic E-state index is -0.309. The third-order valence-corrected chi connectivity index (χ3v) is 5.01. The van der Waals surface area contributed by atoms with Crippen molar-refractivity contribution in [1.29, 1.82) is 0 Å². The van der Waals surface area contributed by atoms with E-state index in [0.29, 0.717) is 29.4 Å². The van der Waals surface area contributed by atoms with Gasteiger partial charge in [0.25, 0.3) is 5.91 Å². The Morgan fingerprint density at radius 1 is 1.26 bits per heavy atom. The fraction of sp³-hybridized carbons (Fsp3) is 0.250. The largest absolute Gasteiger partial charge is 0.361 e. The monoisotopic (exact) mass is 385 g/mol. The van der Waals surface area contributed by atoms with Crippen molar-refractivity contribution in [2.45, 2.75) is 31.2 Å². The summed E-state index contributed by atoms with van der Waals surface area (Å²) in [5.41, 5.74) is 2.08. The number of hydrogen-bond acceptors (Lipinski definition) is 5. The number of thioether (sulfide) groups is 1. The van der Waals surface area contributed by atoms with Crippen LogP contribution in [0.4, 0.5) is 4.39 Å². The molecule has 3 aromatic rings. The molecule has 0 atom stereocenters. The quantitative estimate of drug-likeness (QED) is 0.562. The van der Waals surface area contributed by atoms with E-state index in [0.717, 1.165) is 17.0 Å². The van der Waals surface area contributed by atoms with Crippen molar-refractivity contribution in [3.63, 3.8) is 0 Å². The molecule has 0 aliphatic carbocycles. The van der Waals surface area contributed by atoms with Gasteiger partial charge in [0.2, 0.25) is 0 Å².